The lowest BCUT2D eigenvalue weighted by molar-refractivity contribution is -0.137. The molecule has 1 rings (SSSR count). The Kier molecular flexibility index (Phi) is 2.48. The fraction of sp³-hybridized carbons (Fsp3) is 0.200. The molecule has 12 heavy (non-hydrogen) atoms. The van der Waals surface area contributed by atoms with Crippen LogP contribution in [0.15, 0.2) is 24.3 Å². The molecule has 0 aromatic heterocycles. The average Bonchev–Trinajstić information content (AvgIpc) is 2.04. The second kappa shape index (κ2) is 3.39. The Labute approximate surface area is 71.8 Å². The highest BCUT2D eigenvalue weighted by Gasteiger charge is 2.14. The summed E-state index contributed by atoms with van der Waals surface area (Å²) in [5.74, 6) is -1.55. The van der Waals surface area contributed by atoms with E-state index in [9.17, 15) is 4.79 Å². The van der Waals surface area contributed by atoms with Crippen LogP contribution in [0.1, 0.15) is 17.0 Å². The van der Waals surface area contributed by atoms with Crippen LogP contribution in [0, 0.1) is 13.8 Å². The van der Waals surface area contributed by atoms with Crippen LogP contribution in [-0.2, 0) is 4.79 Å². The number of aryl methyl sites for hydroxylation is 1. The lowest BCUT2D eigenvalue weighted by atomic mass is 9.97. The van der Waals surface area contributed by atoms with Crippen molar-refractivity contribution in [1.82, 2.24) is 0 Å². The standard InChI is InChI=1S/C10H11O2/c1-7-5-3-4-6-9(7)8(2)10(11)12/h3-6,8H,2H2,1H3,(H,11,12). The first-order chi connectivity index (χ1) is 5.63. The number of hydrogen-bond donors (Lipinski definition) is 1. The molecule has 1 N–H and O–H groups in total. The largest absolute Gasteiger partial charge is 0.481 e. The van der Waals surface area contributed by atoms with Crippen LogP contribution >= 0.6 is 0 Å². The van der Waals surface area contributed by atoms with Crippen LogP contribution in [0.4, 0.5) is 0 Å². The quantitative estimate of drug-likeness (QED) is 0.724. The van der Waals surface area contributed by atoms with E-state index in [0.717, 1.165) is 11.1 Å². The van der Waals surface area contributed by atoms with Crippen molar-refractivity contribution in [3.8, 4) is 0 Å². The summed E-state index contributed by atoms with van der Waals surface area (Å²) < 4.78 is 0. The predicted octanol–water partition coefficient (Wildman–Crippen LogP) is 2.00. The van der Waals surface area contributed by atoms with E-state index in [-0.39, 0.29) is 0 Å². The second-order valence-electron chi connectivity index (χ2n) is 2.75. The molecule has 0 bridgehead atoms. The summed E-state index contributed by atoms with van der Waals surface area (Å²) >= 11 is 0. The molecular formula is C10H11O2. The van der Waals surface area contributed by atoms with Gasteiger partial charge in [-0.15, -0.1) is 0 Å². The number of carboxylic acid groups (broad SMARTS) is 1. The van der Waals surface area contributed by atoms with Crippen LogP contribution in [0.2, 0.25) is 0 Å². The van der Waals surface area contributed by atoms with Crippen LogP contribution in [-0.4, -0.2) is 11.1 Å². The third-order valence-electron chi connectivity index (χ3n) is 1.86. The maximum absolute atomic E-state index is 10.6. The smallest absolute Gasteiger partial charge is 0.310 e. The van der Waals surface area contributed by atoms with Crippen molar-refractivity contribution in [3.05, 3.63) is 42.3 Å². The molecule has 0 spiro atoms. The number of hydrogen-bond acceptors (Lipinski definition) is 1. The van der Waals surface area contributed by atoms with Crippen molar-refractivity contribution in [2.75, 3.05) is 0 Å². The van der Waals surface area contributed by atoms with Gasteiger partial charge in [0.2, 0.25) is 0 Å². The lowest BCUT2D eigenvalue weighted by Gasteiger charge is -2.08. The molecule has 0 aliphatic heterocycles. The number of carboxylic acids is 1. The van der Waals surface area contributed by atoms with Crippen molar-refractivity contribution in [3.63, 3.8) is 0 Å². The van der Waals surface area contributed by atoms with Gasteiger partial charge in [-0.1, -0.05) is 24.3 Å². The van der Waals surface area contributed by atoms with Gasteiger partial charge in [-0.25, -0.2) is 0 Å². The molecule has 0 fully saturated rings. The third-order valence-corrected chi connectivity index (χ3v) is 1.86. The third kappa shape index (κ3) is 1.64. The molecule has 1 atom stereocenters. The van der Waals surface area contributed by atoms with Gasteiger partial charge in [0.25, 0.3) is 0 Å². The fourth-order valence-electron chi connectivity index (χ4n) is 1.11. The molecule has 1 aromatic carbocycles. The fourth-order valence-corrected chi connectivity index (χ4v) is 1.11. The zero-order valence-electron chi connectivity index (χ0n) is 6.95. The van der Waals surface area contributed by atoms with Crippen LogP contribution in [0.3, 0.4) is 0 Å². The summed E-state index contributed by atoms with van der Waals surface area (Å²) in [4.78, 5) is 10.6. The highest BCUT2D eigenvalue weighted by Crippen LogP contribution is 2.18. The van der Waals surface area contributed by atoms with Crippen LogP contribution in [0.25, 0.3) is 0 Å². The number of rotatable bonds is 2. The predicted molar refractivity (Wildman–Crippen MR) is 46.9 cm³/mol. The Morgan fingerprint density at radius 1 is 1.50 bits per heavy atom. The second-order valence-corrected chi connectivity index (χ2v) is 2.75. The Balaban J connectivity index is 3.02. The van der Waals surface area contributed by atoms with E-state index in [0.29, 0.717) is 0 Å². The van der Waals surface area contributed by atoms with E-state index in [4.69, 9.17) is 5.11 Å². The molecule has 2 nitrogen and oxygen atoms in total. The number of aliphatic carboxylic acids is 1. The zero-order chi connectivity index (χ0) is 9.14. The topological polar surface area (TPSA) is 37.3 Å². The first-order valence-corrected chi connectivity index (χ1v) is 3.74. The number of benzene rings is 1. The molecule has 0 saturated carbocycles. The summed E-state index contributed by atoms with van der Waals surface area (Å²) in [6.45, 7) is 5.45. The van der Waals surface area contributed by atoms with Crippen molar-refractivity contribution in [2.24, 2.45) is 0 Å². The highest BCUT2D eigenvalue weighted by atomic mass is 16.4. The van der Waals surface area contributed by atoms with Gasteiger partial charge in [-0.2, -0.15) is 0 Å². The Hall–Kier alpha value is -1.31. The monoisotopic (exact) mass is 163 g/mol. The summed E-state index contributed by atoms with van der Waals surface area (Å²) in [7, 11) is 0. The van der Waals surface area contributed by atoms with Crippen molar-refractivity contribution >= 4 is 5.97 Å². The van der Waals surface area contributed by atoms with Crippen molar-refractivity contribution in [1.29, 1.82) is 0 Å². The minimum Gasteiger partial charge on any atom is -0.481 e. The molecule has 0 amide bonds. The van der Waals surface area contributed by atoms with Crippen LogP contribution in [0.5, 0.6) is 0 Å². The van der Waals surface area contributed by atoms with Crippen molar-refractivity contribution < 1.29 is 9.90 Å². The molecule has 2 heteroatoms. The lowest BCUT2D eigenvalue weighted by Crippen LogP contribution is -2.08. The first kappa shape index (κ1) is 8.78. The van der Waals surface area contributed by atoms with E-state index >= 15 is 0 Å². The van der Waals surface area contributed by atoms with E-state index in [1.165, 1.54) is 0 Å². The molecule has 1 aromatic rings. The Morgan fingerprint density at radius 3 is 2.58 bits per heavy atom. The Morgan fingerprint density at radius 2 is 2.08 bits per heavy atom. The molecule has 63 valence electrons. The van der Waals surface area contributed by atoms with Gasteiger partial charge < -0.3 is 5.11 Å². The average molecular weight is 163 g/mol. The molecule has 0 saturated heterocycles. The summed E-state index contributed by atoms with van der Waals surface area (Å²) in [5, 5.41) is 8.70. The van der Waals surface area contributed by atoms with Crippen LogP contribution < -0.4 is 0 Å². The molecule has 1 radical (unpaired) electrons. The van der Waals surface area contributed by atoms with E-state index in [1.54, 1.807) is 6.07 Å². The van der Waals surface area contributed by atoms with Gasteiger partial charge in [0.05, 0.1) is 5.92 Å². The van der Waals surface area contributed by atoms with Gasteiger partial charge in [0.15, 0.2) is 0 Å². The normalized spacial score (nSPS) is 12.5. The van der Waals surface area contributed by atoms with Gasteiger partial charge in [-0.3, -0.25) is 4.79 Å². The van der Waals surface area contributed by atoms with Crippen molar-refractivity contribution in [2.45, 2.75) is 12.8 Å². The van der Waals surface area contributed by atoms with Gasteiger partial charge in [0, 0.05) is 0 Å². The van der Waals surface area contributed by atoms with Gasteiger partial charge in [-0.05, 0) is 25.0 Å². The molecule has 0 aliphatic rings. The SMILES string of the molecule is [CH2]C(C(=O)O)c1ccccc1C. The molecule has 1 unspecified atom stereocenters. The number of carbonyl (C=O) groups is 1. The van der Waals surface area contributed by atoms with E-state index < -0.39 is 11.9 Å². The van der Waals surface area contributed by atoms with E-state index in [1.807, 2.05) is 25.1 Å². The summed E-state index contributed by atoms with van der Waals surface area (Å²) in [6.07, 6.45) is 0. The molecule has 0 heterocycles. The summed E-state index contributed by atoms with van der Waals surface area (Å²) in [5.41, 5.74) is 1.75. The Bertz CT molecular complexity index is 292. The maximum Gasteiger partial charge on any atom is 0.310 e. The summed E-state index contributed by atoms with van der Waals surface area (Å²) in [6, 6.07) is 7.38. The minimum absolute atomic E-state index is 0.661. The maximum atomic E-state index is 10.6. The highest BCUT2D eigenvalue weighted by molar-refractivity contribution is 5.77. The molecule has 0 aliphatic carbocycles. The van der Waals surface area contributed by atoms with E-state index in [2.05, 4.69) is 6.92 Å². The molecular weight excluding hydrogens is 152 g/mol. The zero-order valence-corrected chi connectivity index (χ0v) is 6.95. The first-order valence-electron chi connectivity index (χ1n) is 3.74. The van der Waals surface area contributed by atoms with Gasteiger partial charge in [0.1, 0.15) is 0 Å². The minimum atomic E-state index is -0.885. The van der Waals surface area contributed by atoms with Gasteiger partial charge >= 0.3 is 5.97 Å².